The maximum Gasteiger partial charge on any atom is 0.332 e. The van der Waals surface area contributed by atoms with E-state index in [2.05, 4.69) is 15.6 Å². The first-order chi connectivity index (χ1) is 21.7. The van der Waals surface area contributed by atoms with Crippen LogP contribution in [0.5, 0.6) is 23.0 Å². The first-order valence-corrected chi connectivity index (χ1v) is 15.8. The lowest BCUT2D eigenvalue weighted by Gasteiger charge is -2.23. The molecule has 45 heavy (non-hydrogen) atoms. The molecule has 1 aliphatic heterocycles. The van der Waals surface area contributed by atoms with Crippen LogP contribution >= 0.6 is 0 Å². The van der Waals surface area contributed by atoms with Gasteiger partial charge in [-0.3, -0.25) is 4.98 Å². The van der Waals surface area contributed by atoms with Crippen molar-refractivity contribution in [3.8, 4) is 23.0 Å². The van der Waals surface area contributed by atoms with Gasteiger partial charge in [0.1, 0.15) is 11.6 Å². The van der Waals surface area contributed by atoms with Crippen LogP contribution in [0.4, 0.5) is 19.3 Å². The van der Waals surface area contributed by atoms with E-state index in [0.29, 0.717) is 41.4 Å². The van der Waals surface area contributed by atoms with Crippen LogP contribution in [0, 0.1) is 11.6 Å². The number of fused-ring (bicyclic) bond motifs is 1. The molecular formula is C31H32F2N4O7S. The summed E-state index contributed by atoms with van der Waals surface area (Å²) in [7, 11) is -2.59. The van der Waals surface area contributed by atoms with Crippen LogP contribution in [0.15, 0.2) is 66.9 Å². The summed E-state index contributed by atoms with van der Waals surface area (Å²) < 4.78 is 77.7. The molecule has 0 bridgehead atoms. The zero-order chi connectivity index (χ0) is 31.8. The van der Waals surface area contributed by atoms with Crippen molar-refractivity contribution < 1.29 is 40.9 Å². The molecule has 1 fully saturated rings. The zero-order valence-corrected chi connectivity index (χ0v) is 25.2. The number of sulfonamides is 1. The maximum atomic E-state index is 15.0. The fourth-order valence-corrected chi connectivity index (χ4v) is 5.74. The monoisotopic (exact) mass is 642 g/mol. The highest BCUT2D eigenvalue weighted by atomic mass is 32.2. The maximum absolute atomic E-state index is 15.0. The summed E-state index contributed by atoms with van der Waals surface area (Å²) in [6.45, 7) is 2.85. The Morgan fingerprint density at radius 1 is 1.04 bits per heavy atom. The third kappa shape index (κ3) is 8.77. The second-order valence-corrected chi connectivity index (χ2v) is 11.9. The summed E-state index contributed by atoms with van der Waals surface area (Å²) in [5, 5.41) is 6.14. The molecule has 1 saturated heterocycles. The van der Waals surface area contributed by atoms with Crippen molar-refractivity contribution in [3.05, 3.63) is 84.1 Å². The second-order valence-electron chi connectivity index (χ2n) is 10.2. The van der Waals surface area contributed by atoms with E-state index in [1.165, 1.54) is 37.6 Å². The summed E-state index contributed by atoms with van der Waals surface area (Å²) in [5.41, 5.74) is 0.816. The summed E-state index contributed by atoms with van der Waals surface area (Å²) in [6, 6.07) is 12.4. The molecule has 14 heteroatoms. The van der Waals surface area contributed by atoms with Crippen LogP contribution in [-0.4, -0.2) is 58.9 Å². The summed E-state index contributed by atoms with van der Waals surface area (Å²) in [6.07, 6.45) is 3.34. The first kappa shape index (κ1) is 31.9. The molecule has 0 saturated carbocycles. The lowest BCUT2D eigenvalue weighted by atomic mass is 10.1. The molecule has 4 aromatic rings. The molecule has 0 spiro atoms. The number of morpholine rings is 1. The van der Waals surface area contributed by atoms with Gasteiger partial charge in [-0.05, 0) is 54.8 Å². The van der Waals surface area contributed by atoms with Crippen molar-refractivity contribution in [2.45, 2.75) is 24.7 Å². The van der Waals surface area contributed by atoms with E-state index >= 15 is 4.39 Å². The van der Waals surface area contributed by atoms with Gasteiger partial charge in [0.25, 0.3) is 0 Å². The first-order valence-electron chi connectivity index (χ1n) is 14.1. The fraction of sp³-hybridized carbons (Fsp3) is 0.290. The Balaban J connectivity index is 1.21. The minimum atomic E-state index is -4.10. The van der Waals surface area contributed by atoms with Crippen molar-refractivity contribution in [2.24, 2.45) is 0 Å². The highest BCUT2D eigenvalue weighted by molar-refractivity contribution is 7.89. The Bertz CT molecular complexity index is 1750. The van der Waals surface area contributed by atoms with E-state index in [-0.39, 0.29) is 23.1 Å². The van der Waals surface area contributed by atoms with Crippen LogP contribution in [0.1, 0.15) is 18.4 Å². The van der Waals surface area contributed by atoms with E-state index in [9.17, 15) is 17.6 Å². The Morgan fingerprint density at radius 3 is 2.60 bits per heavy atom. The van der Waals surface area contributed by atoms with Gasteiger partial charge in [-0.25, -0.2) is 26.7 Å². The number of benzene rings is 3. The van der Waals surface area contributed by atoms with Gasteiger partial charge in [0.05, 0.1) is 37.7 Å². The number of carbonyl (C=O) groups excluding carboxylic acids is 1. The predicted molar refractivity (Wildman–Crippen MR) is 163 cm³/mol. The van der Waals surface area contributed by atoms with Crippen LogP contribution in [0.25, 0.3) is 10.9 Å². The van der Waals surface area contributed by atoms with Crippen molar-refractivity contribution >= 4 is 32.6 Å². The number of nitrogens with one attached hydrogen (secondary N) is 3. The number of hydrogen-bond acceptors (Lipinski definition) is 9. The minimum absolute atomic E-state index is 0.0105. The Kier molecular flexibility index (Phi) is 10.3. The molecule has 11 nitrogen and oxygen atoms in total. The van der Waals surface area contributed by atoms with Crippen molar-refractivity contribution in [1.29, 1.82) is 0 Å². The molecule has 1 aromatic heterocycles. The molecule has 5 rings (SSSR count). The number of nitrogens with zero attached hydrogens (tertiary/aromatic N) is 1. The number of anilines is 1. The lowest BCUT2D eigenvalue weighted by molar-refractivity contribution is 0.0203. The normalized spacial score (nSPS) is 15.0. The van der Waals surface area contributed by atoms with Crippen LogP contribution in [-0.2, 0) is 20.5 Å². The highest BCUT2D eigenvalue weighted by Gasteiger charge is 2.18. The third-order valence-electron chi connectivity index (χ3n) is 6.85. The van der Waals surface area contributed by atoms with Crippen LogP contribution in [0.3, 0.4) is 0 Å². The molecule has 0 radical (unpaired) electrons. The number of pyridine rings is 1. The number of rotatable bonds is 12. The molecule has 1 aliphatic rings. The summed E-state index contributed by atoms with van der Waals surface area (Å²) >= 11 is 0. The quantitative estimate of drug-likeness (QED) is 0.180. The van der Waals surface area contributed by atoms with Gasteiger partial charge < -0.3 is 29.6 Å². The van der Waals surface area contributed by atoms with Gasteiger partial charge in [-0.2, -0.15) is 0 Å². The number of halogens is 2. The van der Waals surface area contributed by atoms with Gasteiger partial charge in [0.2, 0.25) is 10.0 Å². The Labute approximate surface area is 258 Å². The highest BCUT2D eigenvalue weighted by Crippen LogP contribution is 2.38. The number of carbonyl (C=O) groups is 1. The van der Waals surface area contributed by atoms with E-state index in [1.54, 1.807) is 18.2 Å². The number of amides is 2. The average molecular weight is 643 g/mol. The molecule has 3 aromatic carbocycles. The number of hydrogen-bond donors (Lipinski definition) is 3. The molecule has 1 atom stereocenters. The topological polar surface area (TPSA) is 137 Å². The standard InChI is InChI=1S/C31H32F2N4O7S/c1-41-29-16-24-26(17-30(29)43-13-2-3-23-18-34-12-14-42-23)35-11-10-27(24)44-28-9-8-22(15-25(28)33)36-31(38)37-45(39,40)19-20-4-6-21(32)7-5-20/h4-11,15-17,23,34H,2-3,12-14,18-19H2,1H3,(H2,36,37,38). The minimum Gasteiger partial charge on any atom is -0.493 e. The predicted octanol–water partition coefficient (Wildman–Crippen LogP) is 5.11. The number of urea groups is 1. The Morgan fingerprint density at radius 2 is 1.87 bits per heavy atom. The number of aromatic nitrogens is 1. The number of ether oxygens (including phenoxy) is 4. The molecule has 1 unspecified atom stereocenters. The smallest absolute Gasteiger partial charge is 0.332 e. The third-order valence-corrected chi connectivity index (χ3v) is 8.06. The molecular weight excluding hydrogens is 610 g/mol. The van der Waals surface area contributed by atoms with Gasteiger partial charge in [0, 0.05) is 42.5 Å². The van der Waals surface area contributed by atoms with E-state index in [1.807, 2.05) is 4.72 Å². The van der Waals surface area contributed by atoms with Crippen LogP contribution < -0.4 is 29.6 Å². The zero-order valence-electron chi connectivity index (χ0n) is 24.3. The van der Waals surface area contributed by atoms with E-state index in [4.69, 9.17) is 18.9 Å². The summed E-state index contributed by atoms with van der Waals surface area (Å²) in [5.74, 6) is -0.748. The van der Waals surface area contributed by atoms with Gasteiger partial charge in [0.15, 0.2) is 23.1 Å². The fourth-order valence-electron chi connectivity index (χ4n) is 4.70. The van der Waals surface area contributed by atoms with Gasteiger partial charge >= 0.3 is 6.03 Å². The molecule has 238 valence electrons. The van der Waals surface area contributed by atoms with E-state index in [0.717, 1.165) is 44.1 Å². The molecule has 3 N–H and O–H groups in total. The van der Waals surface area contributed by atoms with Crippen molar-refractivity contribution in [1.82, 2.24) is 15.0 Å². The lowest BCUT2D eigenvalue weighted by Crippen LogP contribution is -2.38. The van der Waals surface area contributed by atoms with E-state index < -0.39 is 33.4 Å². The summed E-state index contributed by atoms with van der Waals surface area (Å²) in [4.78, 5) is 16.7. The SMILES string of the molecule is COc1cc2c(Oc3ccc(NC(=O)NS(=O)(=O)Cc4ccc(F)cc4)cc3F)ccnc2cc1OCCCC1CNCCO1. The molecule has 2 amide bonds. The Hall–Kier alpha value is -4.53. The molecule has 2 heterocycles. The van der Waals surface area contributed by atoms with Crippen LogP contribution in [0.2, 0.25) is 0 Å². The van der Waals surface area contributed by atoms with Crippen molar-refractivity contribution in [2.75, 3.05) is 38.7 Å². The second kappa shape index (κ2) is 14.5. The van der Waals surface area contributed by atoms with Crippen molar-refractivity contribution in [3.63, 3.8) is 0 Å². The van der Waals surface area contributed by atoms with Gasteiger partial charge in [-0.1, -0.05) is 12.1 Å². The van der Waals surface area contributed by atoms with Gasteiger partial charge in [-0.15, -0.1) is 0 Å². The largest absolute Gasteiger partial charge is 0.493 e. The average Bonchev–Trinajstić information content (AvgIpc) is 3.01. The number of methoxy groups -OCH3 is 1. The molecule has 0 aliphatic carbocycles.